The van der Waals surface area contributed by atoms with Crippen LogP contribution in [0.25, 0.3) is 10.9 Å². The Bertz CT molecular complexity index is 492. The monoisotopic (exact) mass is 193 g/mol. The van der Waals surface area contributed by atoms with E-state index in [1.165, 1.54) is 17.1 Å². The van der Waals surface area contributed by atoms with Gasteiger partial charge in [0.15, 0.2) is 0 Å². The molecule has 2 heterocycles. The maximum absolute atomic E-state index is 10.5. The fourth-order valence-corrected chi connectivity index (χ4v) is 1.25. The smallest absolute Gasteiger partial charge is 0.325 e. The van der Waals surface area contributed by atoms with Gasteiger partial charge >= 0.3 is 5.97 Å². The van der Waals surface area contributed by atoms with E-state index in [0.29, 0.717) is 10.9 Å². The van der Waals surface area contributed by atoms with Crippen LogP contribution in [0.2, 0.25) is 0 Å². The average molecular weight is 193 g/mol. The minimum absolute atomic E-state index is 0.140. The Morgan fingerprint density at radius 3 is 3.07 bits per heavy atom. The number of hydrogen-bond donors (Lipinski definition) is 2. The van der Waals surface area contributed by atoms with Crippen molar-refractivity contribution < 1.29 is 15.0 Å². The van der Waals surface area contributed by atoms with Gasteiger partial charge in [-0.25, -0.2) is 4.98 Å². The number of aromatic nitrogens is 3. The van der Waals surface area contributed by atoms with Crippen molar-refractivity contribution in [1.29, 1.82) is 0 Å². The van der Waals surface area contributed by atoms with Crippen molar-refractivity contribution in [2.75, 3.05) is 0 Å². The van der Waals surface area contributed by atoms with Gasteiger partial charge in [0.05, 0.1) is 17.1 Å². The predicted octanol–water partition coefficient (Wildman–Crippen LogP) is 0.221. The lowest BCUT2D eigenvalue weighted by atomic mass is 10.3. The number of carbonyl (C=O) groups is 1. The van der Waals surface area contributed by atoms with Crippen molar-refractivity contribution in [2.24, 2.45) is 0 Å². The molecule has 0 fully saturated rings. The normalized spacial score (nSPS) is 10.6. The van der Waals surface area contributed by atoms with Crippen LogP contribution in [-0.4, -0.2) is 30.9 Å². The summed E-state index contributed by atoms with van der Waals surface area (Å²) in [6.45, 7) is -0.229. The van der Waals surface area contributed by atoms with Gasteiger partial charge in [0.1, 0.15) is 6.54 Å². The largest absolute Gasteiger partial charge is 0.493 e. The Morgan fingerprint density at radius 2 is 2.36 bits per heavy atom. The molecule has 0 amide bonds. The minimum atomic E-state index is -0.980. The third-order valence-corrected chi connectivity index (χ3v) is 1.84. The lowest BCUT2D eigenvalue weighted by Crippen LogP contribution is -2.09. The van der Waals surface area contributed by atoms with Gasteiger partial charge in [0, 0.05) is 6.20 Å². The lowest BCUT2D eigenvalue weighted by molar-refractivity contribution is -0.137. The summed E-state index contributed by atoms with van der Waals surface area (Å²) in [6.07, 6.45) is 2.79. The van der Waals surface area contributed by atoms with Crippen molar-refractivity contribution in [3.05, 3.63) is 18.5 Å². The first-order valence-electron chi connectivity index (χ1n) is 3.90. The molecule has 2 N–H and O–H groups in total. The summed E-state index contributed by atoms with van der Waals surface area (Å²) < 4.78 is 1.29. The van der Waals surface area contributed by atoms with Crippen molar-refractivity contribution in [3.8, 4) is 5.88 Å². The molecule has 0 bridgehead atoms. The first kappa shape index (κ1) is 8.49. The second kappa shape index (κ2) is 2.99. The molecule has 0 aromatic carbocycles. The SMILES string of the molecule is O=C(O)Cn1ncc2c(O)nccc21. The third-order valence-electron chi connectivity index (χ3n) is 1.84. The van der Waals surface area contributed by atoms with Gasteiger partial charge in [-0.05, 0) is 6.07 Å². The van der Waals surface area contributed by atoms with Gasteiger partial charge in [0.25, 0.3) is 0 Å². The van der Waals surface area contributed by atoms with E-state index in [1.54, 1.807) is 6.07 Å². The molecule has 0 saturated heterocycles. The summed E-state index contributed by atoms with van der Waals surface area (Å²) in [5.41, 5.74) is 0.555. The summed E-state index contributed by atoms with van der Waals surface area (Å²) in [6, 6.07) is 1.60. The second-order valence-electron chi connectivity index (χ2n) is 2.76. The van der Waals surface area contributed by atoms with Crippen LogP contribution < -0.4 is 0 Å². The molecule has 0 radical (unpaired) electrons. The number of carboxylic acids is 1. The standard InChI is InChI=1S/C8H7N3O3/c12-7(13)4-11-6-1-2-9-8(14)5(6)3-10-11/h1-3H,4H2,(H,9,14)(H,12,13). The van der Waals surface area contributed by atoms with Crippen LogP contribution in [0.5, 0.6) is 5.88 Å². The van der Waals surface area contributed by atoms with Crippen LogP contribution in [0, 0.1) is 0 Å². The molecule has 0 unspecified atom stereocenters. The second-order valence-corrected chi connectivity index (χ2v) is 2.76. The highest BCUT2D eigenvalue weighted by molar-refractivity contribution is 5.83. The van der Waals surface area contributed by atoms with Crippen molar-refractivity contribution >= 4 is 16.9 Å². The number of hydrogen-bond acceptors (Lipinski definition) is 4. The molecule has 14 heavy (non-hydrogen) atoms. The minimum Gasteiger partial charge on any atom is -0.493 e. The molecule has 72 valence electrons. The molecule has 0 aliphatic rings. The highest BCUT2D eigenvalue weighted by Crippen LogP contribution is 2.20. The van der Waals surface area contributed by atoms with Gasteiger partial charge in [0.2, 0.25) is 5.88 Å². The highest BCUT2D eigenvalue weighted by atomic mass is 16.4. The maximum Gasteiger partial charge on any atom is 0.325 e. The number of nitrogens with zero attached hydrogens (tertiary/aromatic N) is 3. The number of carboxylic acid groups (broad SMARTS) is 1. The molecule has 0 saturated carbocycles. The van der Waals surface area contributed by atoms with E-state index in [0.717, 1.165) is 0 Å². The lowest BCUT2D eigenvalue weighted by Gasteiger charge is -1.98. The topological polar surface area (TPSA) is 88.2 Å². The van der Waals surface area contributed by atoms with Crippen LogP contribution >= 0.6 is 0 Å². The summed E-state index contributed by atoms with van der Waals surface area (Å²) in [4.78, 5) is 14.1. The zero-order valence-electron chi connectivity index (χ0n) is 7.08. The summed E-state index contributed by atoms with van der Waals surface area (Å²) >= 11 is 0. The number of rotatable bonds is 2. The van der Waals surface area contributed by atoms with Gasteiger partial charge in [-0.15, -0.1) is 0 Å². The summed E-state index contributed by atoms with van der Waals surface area (Å²) in [5, 5.41) is 22.2. The van der Waals surface area contributed by atoms with Crippen molar-refractivity contribution in [2.45, 2.75) is 6.54 Å². The molecule has 2 rings (SSSR count). The summed E-state index contributed by atoms with van der Waals surface area (Å²) in [5.74, 6) is -1.12. The van der Waals surface area contributed by atoms with Crippen LogP contribution in [-0.2, 0) is 11.3 Å². The van der Waals surface area contributed by atoms with E-state index in [9.17, 15) is 9.90 Å². The molecule has 2 aromatic rings. The van der Waals surface area contributed by atoms with Crippen LogP contribution in [0.4, 0.5) is 0 Å². The van der Waals surface area contributed by atoms with Gasteiger partial charge in [-0.3, -0.25) is 9.48 Å². The van der Waals surface area contributed by atoms with Gasteiger partial charge in [-0.1, -0.05) is 0 Å². The van der Waals surface area contributed by atoms with E-state index in [4.69, 9.17) is 5.11 Å². The van der Waals surface area contributed by atoms with E-state index in [1.807, 2.05) is 0 Å². The molecule has 0 spiro atoms. The first-order valence-corrected chi connectivity index (χ1v) is 3.90. The van der Waals surface area contributed by atoms with Crippen LogP contribution in [0.3, 0.4) is 0 Å². The van der Waals surface area contributed by atoms with E-state index in [-0.39, 0.29) is 12.4 Å². The zero-order valence-corrected chi connectivity index (χ0v) is 7.08. The fourth-order valence-electron chi connectivity index (χ4n) is 1.25. The molecular weight excluding hydrogens is 186 g/mol. The Labute approximate surface area is 78.4 Å². The van der Waals surface area contributed by atoms with Gasteiger partial charge in [-0.2, -0.15) is 5.10 Å². The Balaban J connectivity index is 2.58. The predicted molar refractivity (Wildman–Crippen MR) is 46.8 cm³/mol. The van der Waals surface area contributed by atoms with Gasteiger partial charge < -0.3 is 10.2 Å². The Hall–Kier alpha value is -2.11. The molecule has 0 aliphatic heterocycles. The Kier molecular flexibility index (Phi) is 1.81. The fraction of sp³-hybridized carbons (Fsp3) is 0.125. The first-order chi connectivity index (χ1) is 6.68. The molecule has 6 nitrogen and oxygen atoms in total. The average Bonchev–Trinajstić information content (AvgIpc) is 2.49. The van der Waals surface area contributed by atoms with E-state index >= 15 is 0 Å². The van der Waals surface area contributed by atoms with Crippen LogP contribution in [0.15, 0.2) is 18.5 Å². The molecule has 6 heteroatoms. The molecule has 0 aliphatic carbocycles. The molecule has 2 aromatic heterocycles. The highest BCUT2D eigenvalue weighted by Gasteiger charge is 2.08. The number of aliphatic carboxylic acids is 1. The van der Waals surface area contributed by atoms with E-state index in [2.05, 4.69) is 10.1 Å². The van der Waals surface area contributed by atoms with Crippen molar-refractivity contribution in [1.82, 2.24) is 14.8 Å². The zero-order chi connectivity index (χ0) is 10.1. The quantitative estimate of drug-likeness (QED) is 0.712. The third kappa shape index (κ3) is 1.26. The van der Waals surface area contributed by atoms with Crippen LogP contribution in [0.1, 0.15) is 0 Å². The molecular formula is C8H7N3O3. The number of fused-ring (bicyclic) bond motifs is 1. The molecule has 0 atom stereocenters. The van der Waals surface area contributed by atoms with E-state index < -0.39 is 5.97 Å². The Morgan fingerprint density at radius 1 is 1.57 bits per heavy atom. The maximum atomic E-state index is 10.5. The number of aromatic hydroxyl groups is 1. The number of pyridine rings is 1. The van der Waals surface area contributed by atoms with Crippen molar-refractivity contribution in [3.63, 3.8) is 0 Å². The summed E-state index contributed by atoms with van der Waals surface area (Å²) in [7, 11) is 0.